The van der Waals surface area contributed by atoms with Crippen molar-refractivity contribution < 1.29 is 39.3 Å². The van der Waals surface area contributed by atoms with Crippen molar-refractivity contribution in [2.24, 2.45) is 11.7 Å². The Labute approximate surface area is 179 Å². The minimum absolute atomic E-state index is 0.0455. The number of amides is 3. The second-order valence-electron chi connectivity index (χ2n) is 7.08. The molecule has 0 fully saturated rings. The number of aliphatic hydroxyl groups is 1. The number of hydrogen-bond donors (Lipinski definition) is 8. The van der Waals surface area contributed by atoms with Crippen molar-refractivity contribution in [3.63, 3.8) is 0 Å². The summed E-state index contributed by atoms with van der Waals surface area (Å²) >= 11 is 3.91. The van der Waals surface area contributed by atoms with Crippen molar-refractivity contribution in [1.29, 1.82) is 0 Å². The molecule has 8 N–H and O–H groups in total. The van der Waals surface area contributed by atoms with Crippen LogP contribution in [0.3, 0.4) is 0 Å². The van der Waals surface area contributed by atoms with Crippen molar-refractivity contribution in [2.45, 2.75) is 63.9 Å². The van der Waals surface area contributed by atoms with E-state index in [0.29, 0.717) is 0 Å². The van der Waals surface area contributed by atoms with E-state index in [1.54, 1.807) is 13.8 Å². The Hall–Kier alpha value is -2.38. The highest BCUT2D eigenvalue weighted by atomic mass is 32.1. The van der Waals surface area contributed by atoms with Crippen LogP contribution in [0.1, 0.15) is 33.6 Å². The van der Waals surface area contributed by atoms with Gasteiger partial charge in [-0.3, -0.25) is 19.2 Å². The number of carboxylic acids is 2. The minimum Gasteiger partial charge on any atom is -0.481 e. The van der Waals surface area contributed by atoms with Gasteiger partial charge in [0.2, 0.25) is 17.7 Å². The van der Waals surface area contributed by atoms with Gasteiger partial charge in [0.1, 0.15) is 18.1 Å². The minimum atomic E-state index is -1.54. The molecule has 0 saturated carbocycles. The molecule has 0 aliphatic carbocycles. The molecule has 3 amide bonds. The zero-order valence-electron chi connectivity index (χ0n) is 17.0. The molecule has 5 unspecified atom stereocenters. The van der Waals surface area contributed by atoms with Gasteiger partial charge in [-0.05, 0) is 19.3 Å². The third-order valence-corrected chi connectivity index (χ3v) is 4.50. The van der Waals surface area contributed by atoms with E-state index in [1.165, 1.54) is 6.92 Å². The van der Waals surface area contributed by atoms with Gasteiger partial charge in [-0.15, -0.1) is 0 Å². The third kappa shape index (κ3) is 9.41. The Balaban J connectivity index is 5.32. The summed E-state index contributed by atoms with van der Waals surface area (Å²) in [6, 6.07) is -5.11. The molecule has 30 heavy (non-hydrogen) atoms. The number of carbonyl (C=O) groups excluding carboxylic acids is 3. The van der Waals surface area contributed by atoms with Crippen LogP contribution in [-0.2, 0) is 24.0 Å². The average molecular weight is 451 g/mol. The van der Waals surface area contributed by atoms with Crippen LogP contribution in [0.2, 0.25) is 0 Å². The van der Waals surface area contributed by atoms with Crippen LogP contribution in [0, 0.1) is 5.92 Å². The molecule has 0 bridgehead atoms. The van der Waals surface area contributed by atoms with Crippen LogP contribution in [0.15, 0.2) is 0 Å². The fourth-order valence-electron chi connectivity index (χ4n) is 2.31. The molecule has 0 aromatic rings. The second-order valence-corrected chi connectivity index (χ2v) is 7.44. The zero-order valence-corrected chi connectivity index (χ0v) is 17.9. The maximum atomic E-state index is 12.6. The summed E-state index contributed by atoms with van der Waals surface area (Å²) in [5, 5.41) is 34.6. The number of thiol groups is 1. The Morgan fingerprint density at radius 3 is 1.80 bits per heavy atom. The lowest BCUT2D eigenvalue weighted by Crippen LogP contribution is -2.60. The average Bonchev–Trinajstić information content (AvgIpc) is 2.64. The number of carbonyl (C=O) groups is 5. The standard InChI is InChI=1S/C17H30N4O8S/c1-7(2)12(20-14(25)9(18)6-30)15(26)21-13(8(3)22)16(27)19-10(17(28)29)4-5-11(23)24/h7-10,12-13,22,30H,4-6,18H2,1-3H3,(H,19,27)(H,20,25)(H,21,26)(H,23,24)(H,28,29). The number of hydrogen-bond acceptors (Lipinski definition) is 8. The Bertz CT molecular complexity index is 643. The van der Waals surface area contributed by atoms with Gasteiger partial charge in [0.15, 0.2) is 0 Å². The van der Waals surface area contributed by atoms with Crippen molar-refractivity contribution in [2.75, 3.05) is 5.75 Å². The fraction of sp³-hybridized carbons (Fsp3) is 0.706. The van der Waals surface area contributed by atoms with Crippen LogP contribution in [0.5, 0.6) is 0 Å². The molecule has 0 saturated heterocycles. The monoisotopic (exact) mass is 450 g/mol. The first-order valence-corrected chi connectivity index (χ1v) is 9.85. The first kappa shape index (κ1) is 27.6. The number of nitrogens with two attached hydrogens (primary N) is 1. The molecular formula is C17H30N4O8S. The lowest BCUT2D eigenvalue weighted by molar-refractivity contribution is -0.144. The highest BCUT2D eigenvalue weighted by Gasteiger charge is 2.33. The van der Waals surface area contributed by atoms with Gasteiger partial charge in [0.05, 0.1) is 12.1 Å². The molecule has 13 heteroatoms. The SMILES string of the molecule is CC(C)C(NC(=O)C(N)CS)C(=O)NC(C(=O)NC(CCC(=O)O)C(=O)O)C(C)O. The molecule has 0 aromatic carbocycles. The molecule has 172 valence electrons. The summed E-state index contributed by atoms with van der Waals surface area (Å²) < 4.78 is 0. The predicted octanol–water partition coefficient (Wildman–Crippen LogP) is -2.32. The van der Waals surface area contributed by atoms with Crippen LogP contribution < -0.4 is 21.7 Å². The highest BCUT2D eigenvalue weighted by Crippen LogP contribution is 2.06. The number of aliphatic carboxylic acids is 2. The van der Waals surface area contributed by atoms with E-state index in [0.717, 1.165) is 0 Å². The Morgan fingerprint density at radius 2 is 1.40 bits per heavy atom. The topological polar surface area (TPSA) is 208 Å². The molecule has 5 atom stereocenters. The van der Waals surface area contributed by atoms with E-state index in [1.807, 2.05) is 0 Å². The summed E-state index contributed by atoms with van der Waals surface area (Å²) in [5.74, 6) is -5.50. The summed E-state index contributed by atoms with van der Waals surface area (Å²) in [4.78, 5) is 58.9. The molecule has 0 aromatic heterocycles. The van der Waals surface area contributed by atoms with Crippen LogP contribution in [0.25, 0.3) is 0 Å². The summed E-state index contributed by atoms with van der Waals surface area (Å²) in [6.45, 7) is 4.48. The lowest BCUT2D eigenvalue weighted by Gasteiger charge is -2.28. The molecule has 0 rings (SSSR count). The predicted molar refractivity (Wildman–Crippen MR) is 109 cm³/mol. The van der Waals surface area contributed by atoms with E-state index >= 15 is 0 Å². The maximum absolute atomic E-state index is 12.6. The van der Waals surface area contributed by atoms with Crippen molar-refractivity contribution in [3.05, 3.63) is 0 Å². The summed E-state index contributed by atoms with van der Waals surface area (Å²) in [6.07, 6.45) is -2.30. The normalized spacial score (nSPS) is 16.0. The lowest BCUT2D eigenvalue weighted by atomic mass is 10.0. The van der Waals surface area contributed by atoms with E-state index in [4.69, 9.17) is 15.9 Å². The third-order valence-electron chi connectivity index (χ3n) is 4.10. The van der Waals surface area contributed by atoms with Crippen molar-refractivity contribution in [3.8, 4) is 0 Å². The Morgan fingerprint density at radius 1 is 0.900 bits per heavy atom. The fourth-order valence-corrected chi connectivity index (χ4v) is 2.48. The molecular weight excluding hydrogens is 420 g/mol. The van der Waals surface area contributed by atoms with Gasteiger partial charge in [0, 0.05) is 12.2 Å². The highest BCUT2D eigenvalue weighted by molar-refractivity contribution is 7.80. The Kier molecular flexibility index (Phi) is 12.0. The van der Waals surface area contributed by atoms with E-state index < -0.39 is 72.3 Å². The molecule has 0 aliphatic heterocycles. The van der Waals surface area contributed by atoms with Crippen LogP contribution in [-0.4, -0.2) is 81.0 Å². The molecule has 0 aliphatic rings. The van der Waals surface area contributed by atoms with Gasteiger partial charge >= 0.3 is 11.9 Å². The van der Waals surface area contributed by atoms with Crippen LogP contribution >= 0.6 is 12.6 Å². The first-order chi connectivity index (χ1) is 13.8. The van der Waals surface area contributed by atoms with Gasteiger partial charge < -0.3 is 37.0 Å². The maximum Gasteiger partial charge on any atom is 0.326 e. The molecule has 12 nitrogen and oxygen atoms in total. The van der Waals surface area contributed by atoms with E-state index in [9.17, 15) is 29.1 Å². The van der Waals surface area contributed by atoms with Gasteiger partial charge in [0.25, 0.3) is 0 Å². The first-order valence-electron chi connectivity index (χ1n) is 9.22. The zero-order chi connectivity index (χ0) is 23.6. The van der Waals surface area contributed by atoms with E-state index in [2.05, 4.69) is 28.6 Å². The number of aliphatic hydroxyl groups excluding tert-OH is 1. The van der Waals surface area contributed by atoms with Gasteiger partial charge in [-0.1, -0.05) is 13.8 Å². The van der Waals surface area contributed by atoms with Crippen molar-refractivity contribution in [1.82, 2.24) is 16.0 Å². The van der Waals surface area contributed by atoms with E-state index in [-0.39, 0.29) is 12.2 Å². The molecule has 0 heterocycles. The van der Waals surface area contributed by atoms with Crippen molar-refractivity contribution >= 4 is 42.3 Å². The molecule has 0 spiro atoms. The quantitative estimate of drug-likeness (QED) is 0.141. The molecule has 0 radical (unpaired) electrons. The summed E-state index contributed by atoms with van der Waals surface area (Å²) in [7, 11) is 0. The smallest absolute Gasteiger partial charge is 0.326 e. The number of carboxylic acid groups (broad SMARTS) is 2. The summed E-state index contributed by atoms with van der Waals surface area (Å²) in [5.41, 5.74) is 5.57. The van der Waals surface area contributed by atoms with Crippen LogP contribution in [0.4, 0.5) is 0 Å². The second kappa shape index (κ2) is 13.0. The number of rotatable bonds is 13. The van der Waals surface area contributed by atoms with Gasteiger partial charge in [-0.2, -0.15) is 12.6 Å². The number of nitrogens with one attached hydrogen (secondary N) is 3. The van der Waals surface area contributed by atoms with Gasteiger partial charge in [-0.25, -0.2) is 4.79 Å². The largest absolute Gasteiger partial charge is 0.481 e.